The lowest BCUT2D eigenvalue weighted by Crippen LogP contribution is -2.42. The van der Waals surface area contributed by atoms with Crippen molar-refractivity contribution < 1.29 is 4.79 Å². The van der Waals surface area contributed by atoms with Crippen molar-refractivity contribution in [3.63, 3.8) is 0 Å². The number of benzene rings is 1. The predicted molar refractivity (Wildman–Crippen MR) is 136 cm³/mol. The second-order valence-electron chi connectivity index (χ2n) is 8.82. The van der Waals surface area contributed by atoms with Crippen molar-refractivity contribution in [2.24, 2.45) is 7.05 Å². The van der Waals surface area contributed by atoms with Crippen molar-refractivity contribution in [2.75, 3.05) is 28.2 Å². The van der Waals surface area contributed by atoms with E-state index in [2.05, 4.69) is 40.2 Å². The van der Waals surface area contributed by atoms with Gasteiger partial charge in [0, 0.05) is 60.9 Å². The van der Waals surface area contributed by atoms with Crippen LogP contribution in [-0.2, 0) is 7.05 Å². The summed E-state index contributed by atoms with van der Waals surface area (Å²) in [5, 5.41) is 8.49. The summed E-state index contributed by atoms with van der Waals surface area (Å²) in [6, 6.07) is 13.6. The summed E-state index contributed by atoms with van der Waals surface area (Å²) in [5.41, 5.74) is 5.34. The lowest BCUT2D eigenvalue weighted by molar-refractivity contribution is 0.255. The number of amides is 2. The van der Waals surface area contributed by atoms with Gasteiger partial charge in [0.1, 0.15) is 0 Å². The zero-order chi connectivity index (χ0) is 23.8. The van der Waals surface area contributed by atoms with Gasteiger partial charge >= 0.3 is 6.03 Å². The van der Waals surface area contributed by atoms with E-state index in [1.54, 1.807) is 15.8 Å². The number of fused-ring (bicyclic) bond motifs is 2. The molecule has 2 amide bonds. The minimum atomic E-state index is -0.189. The lowest BCUT2D eigenvalue weighted by atomic mass is 10.1. The van der Waals surface area contributed by atoms with E-state index in [1.165, 1.54) is 0 Å². The summed E-state index contributed by atoms with van der Waals surface area (Å²) >= 11 is 0. The van der Waals surface area contributed by atoms with Crippen LogP contribution in [-0.4, -0.2) is 44.9 Å². The molecule has 0 saturated heterocycles. The first kappa shape index (κ1) is 21.9. The van der Waals surface area contributed by atoms with Gasteiger partial charge in [-0.15, -0.1) is 0 Å². The molecule has 174 valence electrons. The molecule has 3 aromatic heterocycles. The molecule has 1 N–H and O–H groups in total. The Morgan fingerprint density at radius 2 is 2.03 bits per heavy atom. The molecular weight excluding hydrogens is 426 g/mol. The maximum atomic E-state index is 13.7. The van der Waals surface area contributed by atoms with E-state index in [9.17, 15) is 4.79 Å². The Hall–Kier alpha value is -3.94. The molecule has 8 nitrogen and oxygen atoms in total. The molecule has 1 aromatic carbocycles. The van der Waals surface area contributed by atoms with Gasteiger partial charge in [-0.25, -0.2) is 9.78 Å². The van der Waals surface area contributed by atoms with Gasteiger partial charge in [-0.1, -0.05) is 0 Å². The maximum Gasteiger partial charge on any atom is 0.327 e. The van der Waals surface area contributed by atoms with E-state index in [-0.39, 0.29) is 12.1 Å². The van der Waals surface area contributed by atoms with Crippen LogP contribution >= 0.6 is 0 Å². The highest BCUT2D eigenvalue weighted by molar-refractivity contribution is 6.04. The summed E-state index contributed by atoms with van der Waals surface area (Å²) < 4.78 is 1.77. The summed E-state index contributed by atoms with van der Waals surface area (Å²) in [4.78, 5) is 27.1. The SMILES string of the molecule is CCN1CC[C@@H](C)N(C(=O)Nc2ccc3nn(C)cc3c2)c2nc(-c3ccnc(C)c3)ccc21. The summed E-state index contributed by atoms with van der Waals surface area (Å²) in [7, 11) is 1.89. The monoisotopic (exact) mass is 455 g/mol. The molecule has 4 heterocycles. The molecular formula is C26H29N7O. The fourth-order valence-corrected chi connectivity index (χ4v) is 4.57. The number of hydrogen-bond acceptors (Lipinski definition) is 5. The quantitative estimate of drug-likeness (QED) is 0.471. The number of nitrogens with zero attached hydrogens (tertiary/aromatic N) is 6. The Labute approximate surface area is 199 Å². The number of carbonyl (C=O) groups is 1. The van der Waals surface area contributed by atoms with Crippen LogP contribution in [0.15, 0.2) is 54.9 Å². The molecule has 1 aliphatic rings. The third-order valence-electron chi connectivity index (χ3n) is 6.34. The molecule has 1 atom stereocenters. The van der Waals surface area contributed by atoms with Gasteiger partial charge < -0.3 is 10.2 Å². The number of rotatable bonds is 3. The highest BCUT2D eigenvalue weighted by atomic mass is 16.2. The molecule has 0 unspecified atom stereocenters. The molecule has 4 aromatic rings. The van der Waals surface area contributed by atoms with Crippen molar-refractivity contribution >= 4 is 34.1 Å². The van der Waals surface area contributed by atoms with E-state index >= 15 is 0 Å². The van der Waals surface area contributed by atoms with Crippen molar-refractivity contribution in [3.05, 3.63) is 60.6 Å². The van der Waals surface area contributed by atoms with Crippen molar-refractivity contribution in [1.29, 1.82) is 0 Å². The van der Waals surface area contributed by atoms with Crippen LogP contribution in [0.25, 0.3) is 22.2 Å². The molecule has 0 saturated carbocycles. The summed E-state index contributed by atoms with van der Waals surface area (Å²) in [6.45, 7) is 7.89. The summed E-state index contributed by atoms with van der Waals surface area (Å²) in [5.74, 6) is 0.679. The van der Waals surface area contributed by atoms with Gasteiger partial charge in [-0.2, -0.15) is 5.10 Å². The minimum absolute atomic E-state index is 0.0145. The third kappa shape index (κ3) is 4.07. The normalized spacial score (nSPS) is 15.8. The maximum absolute atomic E-state index is 13.7. The minimum Gasteiger partial charge on any atom is -0.369 e. The second-order valence-corrected chi connectivity index (χ2v) is 8.82. The van der Waals surface area contributed by atoms with E-state index in [1.807, 2.05) is 56.6 Å². The van der Waals surface area contributed by atoms with Crippen LogP contribution in [0, 0.1) is 6.92 Å². The Bertz CT molecular complexity index is 1360. The highest BCUT2D eigenvalue weighted by Gasteiger charge is 2.31. The number of aryl methyl sites for hydroxylation is 2. The van der Waals surface area contributed by atoms with E-state index in [0.717, 1.165) is 58.7 Å². The van der Waals surface area contributed by atoms with Crippen LogP contribution in [0.1, 0.15) is 26.0 Å². The Morgan fingerprint density at radius 3 is 2.82 bits per heavy atom. The van der Waals surface area contributed by atoms with Crippen LogP contribution in [0.2, 0.25) is 0 Å². The Balaban J connectivity index is 1.54. The van der Waals surface area contributed by atoms with Gasteiger partial charge in [0.25, 0.3) is 0 Å². The highest BCUT2D eigenvalue weighted by Crippen LogP contribution is 2.36. The Kier molecular flexibility index (Phi) is 5.65. The number of urea groups is 1. The molecule has 5 rings (SSSR count). The average Bonchev–Trinajstić information content (AvgIpc) is 3.12. The number of aromatic nitrogens is 4. The first-order chi connectivity index (χ1) is 16.4. The molecule has 0 bridgehead atoms. The average molecular weight is 456 g/mol. The van der Waals surface area contributed by atoms with Gasteiger partial charge in [0.05, 0.1) is 16.9 Å². The standard InChI is InChI=1S/C26H29N7O/c1-5-32-13-11-18(3)33(26(34)28-21-6-7-23-20(15-21)16-31(4)30-23)25-24(32)9-8-22(29-25)19-10-12-27-17(2)14-19/h6-10,12,14-16,18H,5,11,13H2,1-4H3,(H,28,34)/t18-/m1/s1. The van der Waals surface area contributed by atoms with Gasteiger partial charge in [-0.3, -0.25) is 14.6 Å². The largest absolute Gasteiger partial charge is 0.369 e. The van der Waals surface area contributed by atoms with E-state index in [4.69, 9.17) is 4.98 Å². The van der Waals surface area contributed by atoms with Crippen LogP contribution in [0.4, 0.5) is 22.0 Å². The zero-order valence-electron chi connectivity index (χ0n) is 20.0. The van der Waals surface area contributed by atoms with Crippen molar-refractivity contribution in [1.82, 2.24) is 19.7 Å². The van der Waals surface area contributed by atoms with Crippen LogP contribution in [0.5, 0.6) is 0 Å². The molecule has 0 aliphatic carbocycles. The van der Waals surface area contributed by atoms with E-state index < -0.39 is 0 Å². The molecule has 0 radical (unpaired) electrons. The van der Waals surface area contributed by atoms with Gasteiger partial charge in [0.15, 0.2) is 5.82 Å². The number of hydrogen-bond donors (Lipinski definition) is 1. The smallest absolute Gasteiger partial charge is 0.327 e. The number of anilines is 3. The van der Waals surface area contributed by atoms with Crippen molar-refractivity contribution in [2.45, 2.75) is 33.2 Å². The fourth-order valence-electron chi connectivity index (χ4n) is 4.57. The number of carbonyl (C=O) groups excluding carboxylic acids is 1. The molecule has 0 fully saturated rings. The number of nitrogens with one attached hydrogen (secondary N) is 1. The third-order valence-corrected chi connectivity index (χ3v) is 6.34. The van der Waals surface area contributed by atoms with E-state index in [0.29, 0.717) is 5.82 Å². The number of pyridine rings is 2. The second kappa shape index (κ2) is 8.78. The van der Waals surface area contributed by atoms with Gasteiger partial charge in [0.2, 0.25) is 0 Å². The van der Waals surface area contributed by atoms with Crippen LogP contribution < -0.4 is 15.1 Å². The predicted octanol–water partition coefficient (Wildman–Crippen LogP) is 5.00. The fraction of sp³-hybridized carbons (Fsp3) is 0.308. The lowest BCUT2D eigenvalue weighted by Gasteiger charge is -2.28. The zero-order valence-corrected chi connectivity index (χ0v) is 20.0. The molecule has 8 heteroatoms. The molecule has 0 spiro atoms. The summed E-state index contributed by atoms with van der Waals surface area (Å²) in [6.07, 6.45) is 4.58. The first-order valence-electron chi connectivity index (χ1n) is 11.7. The van der Waals surface area contributed by atoms with Crippen LogP contribution in [0.3, 0.4) is 0 Å². The topological polar surface area (TPSA) is 79.2 Å². The van der Waals surface area contributed by atoms with Gasteiger partial charge in [-0.05, 0) is 69.7 Å². The molecule has 34 heavy (non-hydrogen) atoms. The molecule has 1 aliphatic heterocycles. The Morgan fingerprint density at radius 1 is 1.18 bits per heavy atom. The van der Waals surface area contributed by atoms with Crippen molar-refractivity contribution in [3.8, 4) is 11.3 Å². The first-order valence-corrected chi connectivity index (χ1v) is 11.7.